The molecule has 0 aliphatic rings. The molecule has 3 heteroatoms. The molecule has 1 aromatic rings. The maximum absolute atomic E-state index is 11.8. The number of carbonyl (C=O) groups excluding carboxylic acids is 1. The number of ketones is 1. The van der Waals surface area contributed by atoms with Crippen molar-refractivity contribution in [2.75, 3.05) is 7.11 Å². The van der Waals surface area contributed by atoms with Gasteiger partial charge in [0.15, 0.2) is 0 Å². The van der Waals surface area contributed by atoms with Crippen molar-refractivity contribution in [3.63, 3.8) is 0 Å². The first-order valence-electron chi connectivity index (χ1n) is 5.74. The van der Waals surface area contributed by atoms with Gasteiger partial charge in [0.05, 0.1) is 5.60 Å². The lowest BCUT2D eigenvalue weighted by molar-refractivity contribution is -0.119. The van der Waals surface area contributed by atoms with E-state index in [1.54, 1.807) is 7.11 Å². The quantitative estimate of drug-likeness (QED) is 0.799. The van der Waals surface area contributed by atoms with Gasteiger partial charge < -0.3 is 4.74 Å². The van der Waals surface area contributed by atoms with Crippen LogP contribution in [0.15, 0.2) is 28.7 Å². The number of hydrogen-bond acceptors (Lipinski definition) is 2. The molecule has 0 aromatic heterocycles. The largest absolute Gasteiger partial charge is 0.379 e. The molecule has 0 amide bonds. The van der Waals surface area contributed by atoms with Crippen LogP contribution in [0.4, 0.5) is 0 Å². The zero-order valence-corrected chi connectivity index (χ0v) is 12.2. The second kappa shape index (κ2) is 6.31. The van der Waals surface area contributed by atoms with Gasteiger partial charge in [-0.3, -0.25) is 4.79 Å². The molecule has 1 rings (SSSR count). The van der Waals surface area contributed by atoms with Gasteiger partial charge in [0.1, 0.15) is 5.78 Å². The predicted octanol–water partition coefficient (Wildman–Crippen LogP) is 3.77. The monoisotopic (exact) mass is 298 g/mol. The smallest absolute Gasteiger partial charge is 0.137 e. The SMILES string of the molecule is COC(C)(C)CCC(=O)Cc1cccc(Br)c1. The van der Waals surface area contributed by atoms with Crippen molar-refractivity contribution in [1.82, 2.24) is 0 Å². The third kappa shape index (κ3) is 5.46. The predicted molar refractivity (Wildman–Crippen MR) is 73.2 cm³/mol. The Morgan fingerprint density at radius 1 is 1.41 bits per heavy atom. The second-order valence-electron chi connectivity index (χ2n) is 4.81. The van der Waals surface area contributed by atoms with E-state index >= 15 is 0 Å². The van der Waals surface area contributed by atoms with E-state index in [4.69, 9.17) is 4.74 Å². The Kier molecular flexibility index (Phi) is 5.34. The zero-order valence-electron chi connectivity index (χ0n) is 10.6. The first-order valence-corrected chi connectivity index (χ1v) is 6.53. The normalized spacial score (nSPS) is 11.5. The summed E-state index contributed by atoms with van der Waals surface area (Å²) < 4.78 is 6.31. The maximum Gasteiger partial charge on any atom is 0.137 e. The molecule has 1 aromatic carbocycles. The van der Waals surface area contributed by atoms with Gasteiger partial charge in [-0.05, 0) is 38.0 Å². The van der Waals surface area contributed by atoms with E-state index in [1.807, 2.05) is 38.1 Å². The van der Waals surface area contributed by atoms with Crippen molar-refractivity contribution >= 4 is 21.7 Å². The zero-order chi connectivity index (χ0) is 12.9. The van der Waals surface area contributed by atoms with Crippen LogP contribution >= 0.6 is 15.9 Å². The molecule has 17 heavy (non-hydrogen) atoms. The minimum absolute atomic E-state index is 0.215. The summed E-state index contributed by atoms with van der Waals surface area (Å²) in [5.41, 5.74) is 0.840. The van der Waals surface area contributed by atoms with E-state index in [2.05, 4.69) is 15.9 Å². The first-order chi connectivity index (χ1) is 7.93. The minimum atomic E-state index is -0.215. The van der Waals surface area contributed by atoms with Gasteiger partial charge in [0.25, 0.3) is 0 Å². The highest BCUT2D eigenvalue weighted by atomic mass is 79.9. The number of rotatable bonds is 6. The summed E-state index contributed by atoms with van der Waals surface area (Å²) in [5, 5.41) is 0. The summed E-state index contributed by atoms with van der Waals surface area (Å²) in [6, 6.07) is 7.87. The molecule has 0 spiro atoms. The van der Waals surface area contributed by atoms with Crippen LogP contribution in [0.25, 0.3) is 0 Å². The standard InChI is InChI=1S/C14H19BrO2/c1-14(2,17-3)8-7-13(16)10-11-5-4-6-12(15)9-11/h4-6,9H,7-8,10H2,1-3H3. The molecule has 0 aliphatic heterocycles. The van der Waals surface area contributed by atoms with Crippen molar-refractivity contribution in [3.05, 3.63) is 34.3 Å². The molecule has 0 heterocycles. The average molecular weight is 299 g/mol. The molecule has 2 nitrogen and oxygen atoms in total. The molecule has 94 valence electrons. The van der Waals surface area contributed by atoms with Gasteiger partial charge in [0.2, 0.25) is 0 Å². The van der Waals surface area contributed by atoms with Gasteiger partial charge >= 0.3 is 0 Å². The molecule has 0 saturated heterocycles. The Morgan fingerprint density at radius 2 is 2.12 bits per heavy atom. The fourth-order valence-electron chi connectivity index (χ4n) is 1.51. The number of benzene rings is 1. The molecule has 0 atom stereocenters. The van der Waals surface area contributed by atoms with Crippen LogP contribution in [0.2, 0.25) is 0 Å². The van der Waals surface area contributed by atoms with Crippen LogP contribution in [0.3, 0.4) is 0 Å². The van der Waals surface area contributed by atoms with Gasteiger partial charge in [-0.1, -0.05) is 28.1 Å². The van der Waals surface area contributed by atoms with Gasteiger partial charge in [-0.2, -0.15) is 0 Å². The van der Waals surface area contributed by atoms with Crippen molar-refractivity contribution in [2.45, 2.75) is 38.7 Å². The molecule has 0 bridgehead atoms. The first kappa shape index (κ1) is 14.4. The highest BCUT2D eigenvalue weighted by molar-refractivity contribution is 9.10. The summed E-state index contributed by atoms with van der Waals surface area (Å²) in [6.07, 6.45) is 1.82. The molecule has 0 aliphatic carbocycles. The highest BCUT2D eigenvalue weighted by Crippen LogP contribution is 2.17. The molecule has 0 saturated carbocycles. The summed E-state index contributed by atoms with van der Waals surface area (Å²) in [7, 11) is 1.68. The van der Waals surface area contributed by atoms with Crippen molar-refractivity contribution in [3.8, 4) is 0 Å². The Labute approximate surface area is 111 Å². The topological polar surface area (TPSA) is 26.3 Å². The lowest BCUT2D eigenvalue weighted by Gasteiger charge is -2.22. The van der Waals surface area contributed by atoms with E-state index in [9.17, 15) is 4.79 Å². The Bertz CT molecular complexity index is 386. The van der Waals surface area contributed by atoms with Crippen molar-refractivity contribution in [1.29, 1.82) is 0 Å². The summed E-state index contributed by atoms with van der Waals surface area (Å²) in [6.45, 7) is 4.00. The second-order valence-corrected chi connectivity index (χ2v) is 5.72. The van der Waals surface area contributed by atoms with Crippen molar-refractivity contribution < 1.29 is 9.53 Å². The molecular formula is C14H19BrO2. The highest BCUT2D eigenvalue weighted by Gasteiger charge is 2.17. The lowest BCUT2D eigenvalue weighted by atomic mass is 9.98. The third-order valence-electron chi connectivity index (χ3n) is 2.85. The Hall–Kier alpha value is -0.670. The Balaban J connectivity index is 2.45. The number of halogens is 1. The number of ether oxygens (including phenoxy) is 1. The van der Waals surface area contributed by atoms with Crippen LogP contribution < -0.4 is 0 Å². The van der Waals surface area contributed by atoms with Crippen LogP contribution in [-0.2, 0) is 16.0 Å². The van der Waals surface area contributed by atoms with E-state index in [1.165, 1.54) is 0 Å². The molecule has 0 fully saturated rings. The molecule has 0 unspecified atom stereocenters. The van der Waals surface area contributed by atoms with Gasteiger partial charge in [-0.15, -0.1) is 0 Å². The number of methoxy groups -OCH3 is 1. The average Bonchev–Trinajstić information content (AvgIpc) is 2.27. The lowest BCUT2D eigenvalue weighted by Crippen LogP contribution is -2.23. The van der Waals surface area contributed by atoms with Crippen LogP contribution in [0, 0.1) is 0 Å². The molecule has 0 N–H and O–H groups in total. The van der Waals surface area contributed by atoms with Gasteiger partial charge in [-0.25, -0.2) is 0 Å². The van der Waals surface area contributed by atoms with Crippen LogP contribution in [0.5, 0.6) is 0 Å². The molecular weight excluding hydrogens is 280 g/mol. The summed E-state index contributed by atoms with van der Waals surface area (Å²) in [5.74, 6) is 0.258. The van der Waals surface area contributed by atoms with Crippen LogP contribution in [0.1, 0.15) is 32.3 Å². The minimum Gasteiger partial charge on any atom is -0.379 e. The van der Waals surface area contributed by atoms with E-state index in [-0.39, 0.29) is 11.4 Å². The summed E-state index contributed by atoms with van der Waals surface area (Å²) >= 11 is 3.40. The van der Waals surface area contributed by atoms with E-state index < -0.39 is 0 Å². The molecule has 0 radical (unpaired) electrons. The number of hydrogen-bond donors (Lipinski definition) is 0. The Morgan fingerprint density at radius 3 is 2.71 bits per heavy atom. The fraction of sp³-hybridized carbons (Fsp3) is 0.500. The van der Waals surface area contributed by atoms with Gasteiger partial charge in [0, 0.05) is 24.4 Å². The third-order valence-corrected chi connectivity index (χ3v) is 3.34. The fourth-order valence-corrected chi connectivity index (χ4v) is 1.95. The maximum atomic E-state index is 11.8. The number of Topliss-reactive ketones (excluding diaryl/α,β-unsaturated/α-hetero) is 1. The van der Waals surface area contributed by atoms with Crippen molar-refractivity contribution in [2.24, 2.45) is 0 Å². The number of carbonyl (C=O) groups is 1. The van der Waals surface area contributed by atoms with Crippen LogP contribution in [-0.4, -0.2) is 18.5 Å². The van der Waals surface area contributed by atoms with E-state index in [0.717, 1.165) is 16.5 Å². The van der Waals surface area contributed by atoms with E-state index in [0.29, 0.717) is 12.8 Å². The summed E-state index contributed by atoms with van der Waals surface area (Å²) in [4.78, 5) is 11.8.